The van der Waals surface area contributed by atoms with E-state index in [4.69, 9.17) is 4.74 Å². The Bertz CT molecular complexity index is 251. The van der Waals surface area contributed by atoms with Gasteiger partial charge in [-0.1, -0.05) is 13.8 Å². The molecule has 0 aromatic heterocycles. The maximum atomic E-state index is 10.4. The van der Waals surface area contributed by atoms with Crippen molar-refractivity contribution in [1.82, 2.24) is 0 Å². The zero-order valence-corrected chi connectivity index (χ0v) is 12.9. The van der Waals surface area contributed by atoms with Crippen LogP contribution >= 0.6 is 11.8 Å². The Balaban J connectivity index is 2.54. The second-order valence-electron chi connectivity index (χ2n) is 6.40. The number of hydrogen-bond donors (Lipinski definition) is 1. The molecule has 1 aliphatic rings. The normalized spacial score (nSPS) is 30.2. The van der Waals surface area contributed by atoms with Gasteiger partial charge in [0.25, 0.3) is 0 Å². The lowest BCUT2D eigenvalue weighted by atomic mass is 9.84. The summed E-state index contributed by atoms with van der Waals surface area (Å²) in [5.41, 5.74) is -0.310. The van der Waals surface area contributed by atoms with Gasteiger partial charge in [-0.3, -0.25) is 0 Å². The van der Waals surface area contributed by atoms with Crippen molar-refractivity contribution in [2.75, 3.05) is 5.75 Å². The van der Waals surface area contributed by atoms with Gasteiger partial charge in [-0.25, -0.2) is 0 Å². The van der Waals surface area contributed by atoms with Crippen molar-refractivity contribution in [2.45, 2.75) is 76.9 Å². The van der Waals surface area contributed by atoms with E-state index in [0.29, 0.717) is 5.25 Å². The molecule has 0 bridgehead atoms. The van der Waals surface area contributed by atoms with Gasteiger partial charge in [0.2, 0.25) is 0 Å². The van der Waals surface area contributed by atoms with Crippen LogP contribution in [0.4, 0.5) is 0 Å². The van der Waals surface area contributed by atoms with E-state index < -0.39 is 0 Å². The number of rotatable bonds is 5. The van der Waals surface area contributed by atoms with E-state index in [1.54, 1.807) is 0 Å². The fourth-order valence-electron chi connectivity index (χ4n) is 2.70. The smallest absolute Gasteiger partial charge is 0.0687 e. The SMILES string of the molecule is CCC(C)SCC(O)C1CC(C)(C)OC1(C)C. The lowest BCUT2D eigenvalue weighted by molar-refractivity contribution is -0.0853. The molecule has 1 fully saturated rings. The predicted octanol–water partition coefficient (Wildman–Crippen LogP) is 3.47. The fraction of sp³-hybridized carbons (Fsp3) is 1.00. The molecule has 102 valence electrons. The molecule has 0 amide bonds. The van der Waals surface area contributed by atoms with E-state index in [1.807, 2.05) is 11.8 Å². The van der Waals surface area contributed by atoms with Crippen molar-refractivity contribution in [2.24, 2.45) is 5.92 Å². The zero-order chi connectivity index (χ0) is 13.3. The summed E-state index contributed by atoms with van der Waals surface area (Å²) in [6, 6.07) is 0. The molecule has 1 heterocycles. The molecule has 0 aromatic carbocycles. The molecule has 3 atom stereocenters. The Morgan fingerprint density at radius 3 is 2.35 bits per heavy atom. The molecule has 1 saturated heterocycles. The Kier molecular flexibility index (Phi) is 4.96. The molecule has 0 aromatic rings. The minimum atomic E-state index is -0.259. The molecule has 0 spiro atoms. The second-order valence-corrected chi connectivity index (χ2v) is 7.87. The van der Waals surface area contributed by atoms with Crippen molar-refractivity contribution in [3.63, 3.8) is 0 Å². The number of ether oxygens (including phenoxy) is 1. The summed E-state index contributed by atoms with van der Waals surface area (Å²) in [4.78, 5) is 0. The van der Waals surface area contributed by atoms with Gasteiger partial charge in [-0.05, 0) is 40.5 Å². The van der Waals surface area contributed by atoms with Gasteiger partial charge in [0.15, 0.2) is 0 Å². The van der Waals surface area contributed by atoms with E-state index in [2.05, 4.69) is 41.5 Å². The van der Waals surface area contributed by atoms with E-state index in [9.17, 15) is 5.11 Å². The maximum absolute atomic E-state index is 10.4. The number of aliphatic hydroxyl groups excluding tert-OH is 1. The zero-order valence-electron chi connectivity index (χ0n) is 12.1. The topological polar surface area (TPSA) is 29.5 Å². The third-order valence-corrected chi connectivity index (χ3v) is 5.17. The van der Waals surface area contributed by atoms with Gasteiger partial charge in [0, 0.05) is 16.9 Å². The molecule has 0 aliphatic carbocycles. The first kappa shape index (κ1) is 15.3. The van der Waals surface area contributed by atoms with Crippen LogP contribution in [0.15, 0.2) is 0 Å². The van der Waals surface area contributed by atoms with Crippen LogP contribution in [0, 0.1) is 5.92 Å². The third kappa shape index (κ3) is 4.15. The van der Waals surface area contributed by atoms with Crippen molar-refractivity contribution in [1.29, 1.82) is 0 Å². The molecule has 1 aliphatic heterocycles. The highest BCUT2D eigenvalue weighted by Gasteiger charge is 2.48. The van der Waals surface area contributed by atoms with Crippen LogP contribution in [0.3, 0.4) is 0 Å². The summed E-state index contributed by atoms with van der Waals surface area (Å²) >= 11 is 1.87. The van der Waals surface area contributed by atoms with Gasteiger partial charge >= 0.3 is 0 Å². The monoisotopic (exact) mass is 260 g/mol. The minimum Gasteiger partial charge on any atom is -0.392 e. The van der Waals surface area contributed by atoms with Crippen molar-refractivity contribution >= 4 is 11.8 Å². The Labute approximate surface area is 111 Å². The lowest BCUT2D eigenvalue weighted by Gasteiger charge is -2.30. The molecule has 0 saturated carbocycles. The quantitative estimate of drug-likeness (QED) is 0.820. The summed E-state index contributed by atoms with van der Waals surface area (Å²) in [6.07, 6.45) is 1.85. The lowest BCUT2D eigenvalue weighted by Crippen LogP contribution is -2.37. The maximum Gasteiger partial charge on any atom is 0.0687 e. The molecule has 1 N–H and O–H groups in total. The molecule has 3 unspecified atom stereocenters. The van der Waals surface area contributed by atoms with Gasteiger partial charge in [0.05, 0.1) is 17.3 Å². The number of thioether (sulfide) groups is 1. The average molecular weight is 260 g/mol. The van der Waals surface area contributed by atoms with Crippen molar-refractivity contribution < 1.29 is 9.84 Å². The van der Waals surface area contributed by atoms with E-state index in [-0.39, 0.29) is 23.2 Å². The summed E-state index contributed by atoms with van der Waals surface area (Å²) in [7, 11) is 0. The van der Waals surface area contributed by atoms with Crippen LogP contribution in [-0.4, -0.2) is 33.4 Å². The number of hydrogen-bond acceptors (Lipinski definition) is 3. The molecular formula is C14H28O2S. The average Bonchev–Trinajstić information content (AvgIpc) is 2.42. The van der Waals surface area contributed by atoms with Gasteiger partial charge in [-0.15, -0.1) is 0 Å². The molecular weight excluding hydrogens is 232 g/mol. The summed E-state index contributed by atoms with van der Waals surface area (Å²) in [5.74, 6) is 1.07. The van der Waals surface area contributed by atoms with E-state index in [1.165, 1.54) is 0 Å². The first-order valence-corrected chi connectivity index (χ1v) is 7.72. The highest BCUT2D eigenvalue weighted by atomic mass is 32.2. The van der Waals surface area contributed by atoms with Gasteiger partial charge in [-0.2, -0.15) is 11.8 Å². The molecule has 0 radical (unpaired) electrons. The van der Waals surface area contributed by atoms with Crippen LogP contribution < -0.4 is 0 Å². The largest absolute Gasteiger partial charge is 0.392 e. The molecule has 1 rings (SSSR count). The molecule has 3 heteroatoms. The van der Waals surface area contributed by atoms with Gasteiger partial charge in [0.1, 0.15) is 0 Å². The summed E-state index contributed by atoms with van der Waals surface area (Å²) < 4.78 is 6.03. The predicted molar refractivity (Wildman–Crippen MR) is 75.6 cm³/mol. The van der Waals surface area contributed by atoms with Crippen molar-refractivity contribution in [3.8, 4) is 0 Å². The first-order valence-electron chi connectivity index (χ1n) is 6.68. The van der Waals surface area contributed by atoms with Crippen LogP contribution in [0.5, 0.6) is 0 Å². The fourth-order valence-corrected chi connectivity index (χ4v) is 3.69. The summed E-state index contributed by atoms with van der Waals surface area (Å²) in [5, 5.41) is 11.0. The highest BCUT2D eigenvalue weighted by Crippen LogP contribution is 2.44. The Morgan fingerprint density at radius 1 is 1.35 bits per heavy atom. The van der Waals surface area contributed by atoms with Crippen LogP contribution in [0.2, 0.25) is 0 Å². The van der Waals surface area contributed by atoms with Crippen LogP contribution in [-0.2, 0) is 4.74 Å². The van der Waals surface area contributed by atoms with Gasteiger partial charge < -0.3 is 9.84 Å². The Morgan fingerprint density at radius 2 is 1.94 bits per heavy atom. The van der Waals surface area contributed by atoms with Crippen LogP contribution in [0.1, 0.15) is 54.4 Å². The van der Waals surface area contributed by atoms with E-state index >= 15 is 0 Å². The highest BCUT2D eigenvalue weighted by molar-refractivity contribution is 7.99. The minimum absolute atomic E-state index is 0.101. The third-order valence-electron chi connectivity index (χ3n) is 3.73. The second kappa shape index (κ2) is 5.50. The first-order chi connectivity index (χ1) is 7.68. The van der Waals surface area contributed by atoms with E-state index in [0.717, 1.165) is 18.6 Å². The summed E-state index contributed by atoms with van der Waals surface area (Å²) in [6.45, 7) is 12.8. The van der Waals surface area contributed by atoms with Crippen LogP contribution in [0.25, 0.3) is 0 Å². The molecule has 17 heavy (non-hydrogen) atoms. The standard InChI is InChI=1S/C14H28O2S/c1-7-10(2)17-9-12(15)11-8-13(3,4)16-14(11,5)6/h10-12,15H,7-9H2,1-6H3. The number of aliphatic hydroxyl groups is 1. The molecule has 2 nitrogen and oxygen atoms in total. The Hall–Kier alpha value is 0.270. The van der Waals surface area contributed by atoms with Crippen molar-refractivity contribution in [3.05, 3.63) is 0 Å².